The molecule has 1 atom stereocenters. The molecule has 0 radical (unpaired) electrons. The van der Waals surface area contributed by atoms with Crippen molar-refractivity contribution in [1.29, 1.82) is 0 Å². The number of amides is 1. The Morgan fingerprint density at radius 3 is 2.47 bits per heavy atom. The van der Waals surface area contributed by atoms with Gasteiger partial charge in [-0.05, 0) is 46.2 Å². The lowest BCUT2D eigenvalue weighted by Gasteiger charge is -2.39. The molecule has 1 fully saturated rings. The van der Waals surface area contributed by atoms with Gasteiger partial charge >= 0.3 is 0 Å². The summed E-state index contributed by atoms with van der Waals surface area (Å²) in [5, 5.41) is 3.33. The zero-order valence-corrected chi connectivity index (χ0v) is 11.4. The van der Waals surface area contributed by atoms with Crippen molar-refractivity contribution in [2.24, 2.45) is 5.73 Å². The Balaban J connectivity index is 2.66. The molecule has 1 amide bonds. The Bertz CT molecular complexity index is 237. The maximum absolute atomic E-state index is 12.4. The molecule has 0 spiro atoms. The second-order valence-corrected chi connectivity index (χ2v) is 5.22. The van der Waals surface area contributed by atoms with Crippen LogP contribution in [0.5, 0.6) is 0 Å². The molecule has 0 aromatic rings. The lowest BCUT2D eigenvalue weighted by atomic mass is 10.0. The van der Waals surface area contributed by atoms with E-state index in [-0.39, 0.29) is 18.0 Å². The molecular formula is C13H27N3O. The SMILES string of the molecule is CCCC(N)C(=O)N(C(C)C)C1CCNCC1. The number of nitrogens with zero attached hydrogens (tertiary/aromatic N) is 1. The first-order valence-electron chi connectivity index (χ1n) is 6.86. The molecule has 0 bridgehead atoms. The van der Waals surface area contributed by atoms with Gasteiger partial charge < -0.3 is 16.0 Å². The number of hydrogen-bond donors (Lipinski definition) is 2. The summed E-state index contributed by atoms with van der Waals surface area (Å²) in [6, 6.07) is 0.289. The third kappa shape index (κ3) is 3.96. The van der Waals surface area contributed by atoms with Crippen LogP contribution in [0.4, 0.5) is 0 Å². The number of nitrogens with one attached hydrogen (secondary N) is 1. The minimum atomic E-state index is -0.322. The smallest absolute Gasteiger partial charge is 0.239 e. The van der Waals surface area contributed by atoms with Crippen LogP contribution in [0, 0.1) is 0 Å². The number of carbonyl (C=O) groups excluding carboxylic acids is 1. The summed E-state index contributed by atoms with van der Waals surface area (Å²) in [5.41, 5.74) is 5.97. The molecule has 1 saturated heterocycles. The highest BCUT2D eigenvalue weighted by Gasteiger charge is 2.30. The number of piperidine rings is 1. The van der Waals surface area contributed by atoms with Crippen LogP contribution >= 0.6 is 0 Å². The quantitative estimate of drug-likeness (QED) is 0.758. The van der Waals surface area contributed by atoms with Crippen molar-refractivity contribution in [2.75, 3.05) is 13.1 Å². The van der Waals surface area contributed by atoms with Gasteiger partial charge in [0.15, 0.2) is 0 Å². The van der Waals surface area contributed by atoms with E-state index < -0.39 is 0 Å². The monoisotopic (exact) mass is 241 g/mol. The average molecular weight is 241 g/mol. The number of hydrogen-bond acceptors (Lipinski definition) is 3. The van der Waals surface area contributed by atoms with E-state index >= 15 is 0 Å². The normalized spacial score (nSPS) is 19.4. The molecule has 0 aromatic heterocycles. The van der Waals surface area contributed by atoms with Crippen LogP contribution in [0.15, 0.2) is 0 Å². The van der Waals surface area contributed by atoms with Crippen molar-refractivity contribution >= 4 is 5.91 Å². The molecule has 1 unspecified atom stereocenters. The van der Waals surface area contributed by atoms with Gasteiger partial charge in [-0.2, -0.15) is 0 Å². The second-order valence-electron chi connectivity index (χ2n) is 5.22. The molecule has 100 valence electrons. The van der Waals surface area contributed by atoms with Crippen LogP contribution in [0.25, 0.3) is 0 Å². The van der Waals surface area contributed by atoms with Crippen LogP contribution in [0.2, 0.25) is 0 Å². The minimum absolute atomic E-state index is 0.133. The second kappa shape index (κ2) is 6.97. The zero-order chi connectivity index (χ0) is 12.8. The third-order valence-corrected chi connectivity index (χ3v) is 3.43. The van der Waals surface area contributed by atoms with Crippen LogP contribution in [-0.4, -0.2) is 42.0 Å². The van der Waals surface area contributed by atoms with Gasteiger partial charge in [0.05, 0.1) is 6.04 Å². The molecular weight excluding hydrogens is 214 g/mol. The van der Waals surface area contributed by atoms with Gasteiger partial charge in [0.1, 0.15) is 0 Å². The maximum atomic E-state index is 12.4. The van der Waals surface area contributed by atoms with E-state index in [0.717, 1.165) is 38.8 Å². The molecule has 4 heteroatoms. The predicted molar refractivity (Wildman–Crippen MR) is 70.8 cm³/mol. The van der Waals surface area contributed by atoms with Crippen LogP contribution in [0.3, 0.4) is 0 Å². The van der Waals surface area contributed by atoms with Gasteiger partial charge in [-0.25, -0.2) is 0 Å². The number of carbonyl (C=O) groups is 1. The van der Waals surface area contributed by atoms with Gasteiger partial charge in [-0.15, -0.1) is 0 Å². The van der Waals surface area contributed by atoms with Crippen LogP contribution in [0.1, 0.15) is 46.5 Å². The summed E-state index contributed by atoms with van der Waals surface area (Å²) >= 11 is 0. The first-order valence-corrected chi connectivity index (χ1v) is 6.86. The number of rotatable bonds is 5. The molecule has 3 N–H and O–H groups in total. The third-order valence-electron chi connectivity index (χ3n) is 3.43. The predicted octanol–water partition coefficient (Wildman–Crippen LogP) is 1.10. The Morgan fingerprint density at radius 1 is 1.41 bits per heavy atom. The fraction of sp³-hybridized carbons (Fsp3) is 0.923. The van der Waals surface area contributed by atoms with E-state index in [0.29, 0.717) is 6.04 Å². The summed E-state index contributed by atoms with van der Waals surface area (Å²) in [6.45, 7) is 8.24. The fourth-order valence-corrected chi connectivity index (χ4v) is 2.57. The first-order chi connectivity index (χ1) is 8.07. The Kier molecular flexibility index (Phi) is 5.92. The number of nitrogens with two attached hydrogens (primary N) is 1. The summed E-state index contributed by atoms with van der Waals surface area (Å²) in [6.07, 6.45) is 3.84. The fourth-order valence-electron chi connectivity index (χ4n) is 2.57. The van der Waals surface area contributed by atoms with E-state index in [9.17, 15) is 4.79 Å². The van der Waals surface area contributed by atoms with Gasteiger partial charge in [0, 0.05) is 12.1 Å². The summed E-state index contributed by atoms with van der Waals surface area (Å²) < 4.78 is 0. The molecule has 0 saturated carbocycles. The highest BCUT2D eigenvalue weighted by Crippen LogP contribution is 2.17. The molecule has 1 aliphatic heterocycles. The molecule has 17 heavy (non-hydrogen) atoms. The van der Waals surface area contributed by atoms with Crippen molar-refractivity contribution in [2.45, 2.75) is 64.6 Å². The van der Waals surface area contributed by atoms with Crippen LogP contribution in [-0.2, 0) is 4.79 Å². The molecule has 1 rings (SSSR count). The highest BCUT2D eigenvalue weighted by atomic mass is 16.2. The summed E-state index contributed by atoms with van der Waals surface area (Å²) in [7, 11) is 0. The zero-order valence-electron chi connectivity index (χ0n) is 11.4. The largest absolute Gasteiger partial charge is 0.336 e. The molecule has 0 aromatic carbocycles. The van der Waals surface area contributed by atoms with Gasteiger partial charge in [0.25, 0.3) is 0 Å². The Labute approximate surface area is 105 Å². The van der Waals surface area contributed by atoms with Gasteiger partial charge in [-0.1, -0.05) is 13.3 Å². The molecule has 1 aliphatic rings. The van der Waals surface area contributed by atoms with E-state index in [1.165, 1.54) is 0 Å². The molecule has 0 aliphatic carbocycles. The van der Waals surface area contributed by atoms with E-state index in [1.54, 1.807) is 0 Å². The standard InChI is InChI=1S/C13H27N3O/c1-4-5-12(14)13(17)16(10(2)3)11-6-8-15-9-7-11/h10-12,15H,4-9,14H2,1-3H3. The van der Waals surface area contributed by atoms with Gasteiger partial charge in [0.2, 0.25) is 5.91 Å². The molecule has 4 nitrogen and oxygen atoms in total. The summed E-state index contributed by atoms with van der Waals surface area (Å²) in [5.74, 6) is 0.133. The van der Waals surface area contributed by atoms with Crippen LogP contribution < -0.4 is 11.1 Å². The van der Waals surface area contributed by atoms with Crippen molar-refractivity contribution in [3.63, 3.8) is 0 Å². The van der Waals surface area contributed by atoms with Crippen molar-refractivity contribution in [3.05, 3.63) is 0 Å². The average Bonchev–Trinajstić information content (AvgIpc) is 2.30. The Hall–Kier alpha value is -0.610. The first kappa shape index (κ1) is 14.5. The van der Waals surface area contributed by atoms with Gasteiger partial charge in [-0.3, -0.25) is 4.79 Å². The van der Waals surface area contributed by atoms with E-state index in [1.807, 2.05) is 4.90 Å². The van der Waals surface area contributed by atoms with E-state index in [2.05, 4.69) is 26.1 Å². The van der Waals surface area contributed by atoms with E-state index in [4.69, 9.17) is 5.73 Å². The lowest BCUT2D eigenvalue weighted by molar-refractivity contribution is -0.137. The molecule has 1 heterocycles. The van der Waals surface area contributed by atoms with Crippen molar-refractivity contribution in [1.82, 2.24) is 10.2 Å². The topological polar surface area (TPSA) is 58.4 Å². The maximum Gasteiger partial charge on any atom is 0.239 e. The van der Waals surface area contributed by atoms with Crippen molar-refractivity contribution in [3.8, 4) is 0 Å². The summed E-state index contributed by atoms with van der Waals surface area (Å²) in [4.78, 5) is 14.4. The highest BCUT2D eigenvalue weighted by molar-refractivity contribution is 5.82. The Morgan fingerprint density at radius 2 is 2.00 bits per heavy atom. The van der Waals surface area contributed by atoms with Crippen molar-refractivity contribution < 1.29 is 4.79 Å². The minimum Gasteiger partial charge on any atom is -0.336 e. The lowest BCUT2D eigenvalue weighted by Crippen LogP contribution is -2.54.